The van der Waals surface area contributed by atoms with E-state index in [9.17, 15) is 19.8 Å². The predicted molar refractivity (Wildman–Crippen MR) is 115 cm³/mol. The Morgan fingerprint density at radius 3 is 2.43 bits per heavy atom. The number of benzene rings is 3. The summed E-state index contributed by atoms with van der Waals surface area (Å²) >= 11 is 6.13. The second-order valence-corrected chi connectivity index (χ2v) is 7.77. The molecule has 0 spiro atoms. The van der Waals surface area contributed by atoms with Crippen LogP contribution in [0.1, 0.15) is 27.9 Å². The summed E-state index contributed by atoms with van der Waals surface area (Å²) in [4.78, 5) is 27.6. The average molecular weight is 422 g/mol. The predicted octanol–water partition coefficient (Wildman–Crippen LogP) is 4.10. The van der Waals surface area contributed by atoms with Crippen molar-refractivity contribution >= 4 is 29.0 Å². The number of carbonyl (C=O) groups is 2. The number of aromatic hydroxyl groups is 1. The quantitative estimate of drug-likeness (QED) is 0.587. The molecule has 3 aromatic carbocycles. The lowest BCUT2D eigenvalue weighted by atomic mass is 9.88. The Bertz CT molecular complexity index is 1120. The molecule has 0 unspecified atom stereocenters. The number of hydrogen-bond donors (Lipinski definition) is 2. The highest BCUT2D eigenvalue weighted by Crippen LogP contribution is 2.44. The summed E-state index contributed by atoms with van der Waals surface area (Å²) in [6.07, 6.45) is 0.108. The lowest BCUT2D eigenvalue weighted by Gasteiger charge is -2.23. The van der Waals surface area contributed by atoms with Gasteiger partial charge in [-0.3, -0.25) is 9.59 Å². The lowest BCUT2D eigenvalue weighted by molar-refractivity contribution is -0.135. The Morgan fingerprint density at radius 2 is 1.70 bits per heavy atom. The van der Waals surface area contributed by atoms with E-state index in [1.165, 1.54) is 23.1 Å². The first-order valence-corrected chi connectivity index (χ1v) is 9.97. The topological polar surface area (TPSA) is 77.8 Å². The normalized spacial score (nSPS) is 17.8. The zero-order valence-corrected chi connectivity index (χ0v) is 16.8. The Balaban J connectivity index is 1.66. The fourth-order valence-electron chi connectivity index (χ4n) is 3.84. The number of para-hydroxylation sites is 1. The van der Waals surface area contributed by atoms with Crippen molar-refractivity contribution in [3.05, 3.63) is 94.5 Å². The molecule has 4 rings (SSSR count). The lowest BCUT2D eigenvalue weighted by Crippen LogP contribution is -2.42. The molecule has 30 heavy (non-hydrogen) atoms. The Labute approximate surface area is 179 Å². The minimum absolute atomic E-state index is 0.0602. The van der Waals surface area contributed by atoms with Gasteiger partial charge in [-0.15, -0.1) is 0 Å². The summed E-state index contributed by atoms with van der Waals surface area (Å²) < 4.78 is 0. The van der Waals surface area contributed by atoms with Gasteiger partial charge in [-0.1, -0.05) is 54.1 Å². The van der Waals surface area contributed by atoms with Crippen molar-refractivity contribution in [1.29, 1.82) is 0 Å². The van der Waals surface area contributed by atoms with Crippen LogP contribution >= 0.6 is 11.6 Å². The number of hydrogen-bond acceptors (Lipinski definition) is 4. The number of Topliss-reactive ketones (excluding diaryl/α,β-unsaturated/α-hetero) is 1. The van der Waals surface area contributed by atoms with Crippen LogP contribution in [0.15, 0.2) is 72.8 Å². The van der Waals surface area contributed by atoms with Crippen LogP contribution in [-0.2, 0) is 16.8 Å². The number of phenolic OH excluding ortho intramolecular Hbond substituents is 1. The Kier molecular flexibility index (Phi) is 5.33. The highest BCUT2D eigenvalue weighted by atomic mass is 35.5. The first-order chi connectivity index (χ1) is 14.4. The van der Waals surface area contributed by atoms with E-state index in [0.29, 0.717) is 29.2 Å². The smallest absolute Gasteiger partial charge is 0.264 e. The standard InChI is InChI=1S/C24H20ClNO4/c25-17-10-11-20-19(14-17)24(30,15-22(28)18-8-4-5-9-21(18)27)23(29)26(20)13-12-16-6-2-1-3-7-16/h1-11,14,27,30H,12-13,15H2/t24-/m0/s1. The molecular weight excluding hydrogens is 402 g/mol. The van der Waals surface area contributed by atoms with E-state index in [1.807, 2.05) is 30.3 Å². The van der Waals surface area contributed by atoms with E-state index >= 15 is 0 Å². The molecular formula is C24H20ClNO4. The summed E-state index contributed by atoms with van der Waals surface area (Å²) in [6.45, 7) is 0.352. The van der Waals surface area contributed by atoms with E-state index in [-0.39, 0.29) is 11.3 Å². The van der Waals surface area contributed by atoms with Crippen molar-refractivity contribution in [2.24, 2.45) is 0 Å². The minimum atomic E-state index is -2.05. The SMILES string of the molecule is O=C(C[C@@]1(O)C(=O)N(CCc2ccccc2)c2ccc(Cl)cc21)c1ccccc1O. The molecule has 0 saturated carbocycles. The average Bonchev–Trinajstić information content (AvgIpc) is 2.94. The third-order valence-corrected chi connectivity index (χ3v) is 5.62. The van der Waals surface area contributed by atoms with Crippen molar-refractivity contribution in [2.75, 3.05) is 11.4 Å². The van der Waals surface area contributed by atoms with Crippen molar-refractivity contribution in [2.45, 2.75) is 18.4 Å². The van der Waals surface area contributed by atoms with Crippen molar-refractivity contribution in [1.82, 2.24) is 0 Å². The van der Waals surface area contributed by atoms with Crippen molar-refractivity contribution in [3.63, 3.8) is 0 Å². The van der Waals surface area contributed by atoms with Crippen molar-refractivity contribution < 1.29 is 19.8 Å². The van der Waals surface area contributed by atoms with Crippen LogP contribution < -0.4 is 4.90 Å². The molecule has 6 heteroatoms. The van der Waals surface area contributed by atoms with Crippen LogP contribution in [0.3, 0.4) is 0 Å². The summed E-state index contributed by atoms with van der Waals surface area (Å²) in [6, 6.07) is 20.6. The first-order valence-electron chi connectivity index (χ1n) is 9.59. The van der Waals surface area contributed by atoms with Crippen LogP contribution in [0.25, 0.3) is 0 Å². The number of ketones is 1. The zero-order chi connectivity index (χ0) is 21.3. The number of nitrogens with zero attached hydrogens (tertiary/aromatic N) is 1. The number of phenols is 1. The number of fused-ring (bicyclic) bond motifs is 1. The molecule has 0 saturated heterocycles. The number of rotatable bonds is 6. The molecule has 0 aliphatic carbocycles. The van der Waals surface area contributed by atoms with Gasteiger partial charge in [0.2, 0.25) is 0 Å². The largest absolute Gasteiger partial charge is 0.507 e. The molecule has 1 amide bonds. The minimum Gasteiger partial charge on any atom is -0.507 e. The molecule has 0 bridgehead atoms. The third kappa shape index (κ3) is 3.58. The molecule has 0 fully saturated rings. The van der Waals surface area contributed by atoms with Gasteiger partial charge in [0.15, 0.2) is 11.4 Å². The fraction of sp³-hybridized carbons (Fsp3) is 0.167. The van der Waals surface area contributed by atoms with Gasteiger partial charge in [0, 0.05) is 17.1 Å². The maximum atomic E-state index is 13.3. The highest BCUT2D eigenvalue weighted by molar-refractivity contribution is 6.31. The number of halogens is 1. The van der Waals surface area contributed by atoms with Crippen LogP contribution in [0, 0.1) is 0 Å². The summed E-state index contributed by atoms with van der Waals surface area (Å²) in [7, 11) is 0. The van der Waals surface area contributed by atoms with Gasteiger partial charge < -0.3 is 15.1 Å². The third-order valence-electron chi connectivity index (χ3n) is 5.38. The fourth-order valence-corrected chi connectivity index (χ4v) is 4.01. The van der Waals surface area contributed by atoms with Gasteiger partial charge in [0.05, 0.1) is 17.7 Å². The number of anilines is 1. The molecule has 1 aliphatic rings. The Morgan fingerprint density at radius 1 is 1.00 bits per heavy atom. The van der Waals surface area contributed by atoms with Gasteiger partial charge in [-0.25, -0.2) is 0 Å². The molecule has 2 N–H and O–H groups in total. The zero-order valence-electron chi connectivity index (χ0n) is 16.1. The molecule has 0 aromatic heterocycles. The van der Waals surface area contributed by atoms with Gasteiger partial charge in [-0.05, 0) is 42.3 Å². The van der Waals surface area contributed by atoms with E-state index in [0.717, 1.165) is 5.56 Å². The molecule has 5 nitrogen and oxygen atoms in total. The number of carbonyl (C=O) groups excluding carboxylic acids is 2. The van der Waals surface area contributed by atoms with Gasteiger partial charge >= 0.3 is 0 Å². The highest BCUT2D eigenvalue weighted by Gasteiger charge is 2.51. The van der Waals surface area contributed by atoms with E-state index in [4.69, 9.17) is 11.6 Å². The maximum Gasteiger partial charge on any atom is 0.264 e. The molecule has 1 heterocycles. The van der Waals surface area contributed by atoms with Gasteiger partial charge in [-0.2, -0.15) is 0 Å². The summed E-state index contributed by atoms with van der Waals surface area (Å²) in [5.74, 6) is -1.29. The van der Waals surface area contributed by atoms with Crippen LogP contribution in [0.4, 0.5) is 5.69 Å². The molecule has 152 valence electrons. The monoisotopic (exact) mass is 421 g/mol. The van der Waals surface area contributed by atoms with Crippen LogP contribution in [0.2, 0.25) is 5.02 Å². The Hall–Kier alpha value is -3.15. The summed E-state index contributed by atoms with van der Waals surface area (Å²) in [5, 5.41) is 21.7. The second kappa shape index (κ2) is 7.94. The molecule has 0 radical (unpaired) electrons. The van der Waals surface area contributed by atoms with Crippen LogP contribution in [-0.4, -0.2) is 28.4 Å². The van der Waals surface area contributed by atoms with E-state index < -0.39 is 23.7 Å². The molecule has 1 aliphatic heterocycles. The van der Waals surface area contributed by atoms with E-state index in [2.05, 4.69) is 0 Å². The first kappa shape index (κ1) is 20.1. The number of aliphatic hydroxyl groups is 1. The summed E-state index contributed by atoms with van der Waals surface area (Å²) in [5.41, 5.74) is -0.0904. The van der Waals surface area contributed by atoms with Gasteiger partial charge in [0.25, 0.3) is 5.91 Å². The van der Waals surface area contributed by atoms with Gasteiger partial charge in [0.1, 0.15) is 5.75 Å². The maximum absolute atomic E-state index is 13.3. The van der Waals surface area contributed by atoms with Crippen LogP contribution in [0.5, 0.6) is 5.75 Å². The molecule has 3 aromatic rings. The number of amides is 1. The molecule has 1 atom stereocenters. The van der Waals surface area contributed by atoms with E-state index in [1.54, 1.807) is 24.3 Å². The second-order valence-electron chi connectivity index (χ2n) is 7.33. The van der Waals surface area contributed by atoms with Crippen molar-refractivity contribution in [3.8, 4) is 5.75 Å².